The third-order valence-electron chi connectivity index (χ3n) is 2.62. The average Bonchev–Trinajstić information content (AvgIpc) is 2.26. The SMILES string of the molecule is OC(CCCC(F)(F)F)c1ccc(Br)c(C(F)(F)F)c1. The van der Waals surface area contributed by atoms with Crippen LogP contribution in [-0.4, -0.2) is 11.3 Å². The molecular weight excluding hydrogens is 354 g/mol. The number of rotatable bonds is 4. The zero-order valence-electron chi connectivity index (χ0n) is 10.0. The quantitative estimate of drug-likeness (QED) is 0.725. The van der Waals surface area contributed by atoms with Gasteiger partial charge in [0.1, 0.15) is 0 Å². The van der Waals surface area contributed by atoms with Crippen LogP contribution in [0, 0.1) is 0 Å². The molecule has 20 heavy (non-hydrogen) atoms. The molecule has 0 aromatic heterocycles. The van der Waals surface area contributed by atoms with Crippen LogP contribution < -0.4 is 0 Å². The molecule has 0 fully saturated rings. The summed E-state index contributed by atoms with van der Waals surface area (Å²) >= 11 is 2.74. The monoisotopic (exact) mass is 364 g/mol. The Kier molecular flexibility index (Phi) is 5.48. The van der Waals surface area contributed by atoms with Crippen molar-refractivity contribution in [3.05, 3.63) is 33.8 Å². The number of benzene rings is 1. The fourth-order valence-corrected chi connectivity index (χ4v) is 2.10. The lowest BCUT2D eigenvalue weighted by atomic mass is 10.0. The molecule has 0 bridgehead atoms. The molecule has 1 nitrogen and oxygen atoms in total. The van der Waals surface area contributed by atoms with E-state index in [2.05, 4.69) is 15.9 Å². The highest BCUT2D eigenvalue weighted by Crippen LogP contribution is 2.37. The normalized spacial score (nSPS) is 14.4. The summed E-state index contributed by atoms with van der Waals surface area (Å²) in [5.41, 5.74) is -1.02. The standard InChI is InChI=1S/C12H11BrF6O/c13-9-4-3-7(6-8(9)12(17,18)19)10(20)2-1-5-11(14,15)16/h3-4,6,10,20H,1-2,5H2. The van der Waals surface area contributed by atoms with Crippen molar-refractivity contribution in [1.82, 2.24) is 0 Å². The van der Waals surface area contributed by atoms with Crippen LogP contribution in [0.15, 0.2) is 22.7 Å². The minimum absolute atomic E-state index is 0.0531. The van der Waals surface area contributed by atoms with Crippen molar-refractivity contribution in [1.29, 1.82) is 0 Å². The van der Waals surface area contributed by atoms with E-state index in [0.29, 0.717) is 0 Å². The maximum absolute atomic E-state index is 12.6. The molecule has 1 unspecified atom stereocenters. The van der Waals surface area contributed by atoms with E-state index >= 15 is 0 Å². The van der Waals surface area contributed by atoms with Crippen molar-refractivity contribution in [3.63, 3.8) is 0 Å². The molecule has 1 atom stereocenters. The minimum atomic E-state index is -4.60. The van der Waals surface area contributed by atoms with E-state index in [1.54, 1.807) is 0 Å². The number of aliphatic hydroxyl groups is 1. The number of hydrogen-bond acceptors (Lipinski definition) is 1. The third kappa shape index (κ3) is 5.32. The molecule has 0 saturated heterocycles. The van der Waals surface area contributed by atoms with E-state index in [-0.39, 0.29) is 22.9 Å². The second kappa shape index (κ2) is 6.34. The molecule has 0 amide bonds. The van der Waals surface area contributed by atoms with Gasteiger partial charge in [-0.15, -0.1) is 0 Å². The predicted octanol–water partition coefficient (Wildman–Crippen LogP) is 5.23. The summed E-state index contributed by atoms with van der Waals surface area (Å²) in [4.78, 5) is 0. The van der Waals surface area contributed by atoms with Gasteiger partial charge in [0.05, 0.1) is 11.7 Å². The van der Waals surface area contributed by atoms with E-state index in [0.717, 1.165) is 12.1 Å². The van der Waals surface area contributed by atoms with Crippen molar-refractivity contribution >= 4 is 15.9 Å². The molecule has 1 N–H and O–H groups in total. The molecule has 0 saturated carbocycles. The molecule has 0 aliphatic carbocycles. The van der Waals surface area contributed by atoms with Gasteiger partial charge in [-0.2, -0.15) is 26.3 Å². The average molecular weight is 365 g/mol. The summed E-state index contributed by atoms with van der Waals surface area (Å²) < 4.78 is 73.6. The van der Waals surface area contributed by atoms with Crippen LogP contribution in [0.5, 0.6) is 0 Å². The summed E-state index contributed by atoms with van der Waals surface area (Å²) in [6.07, 6.45) is -12.0. The molecule has 1 rings (SSSR count). The van der Waals surface area contributed by atoms with Crippen molar-refractivity contribution in [2.45, 2.75) is 37.7 Å². The summed E-state index contributed by atoms with van der Waals surface area (Å²) in [5, 5.41) is 9.65. The van der Waals surface area contributed by atoms with Gasteiger partial charge in [-0.1, -0.05) is 22.0 Å². The smallest absolute Gasteiger partial charge is 0.388 e. The van der Waals surface area contributed by atoms with Crippen LogP contribution in [0.2, 0.25) is 0 Å². The Balaban J connectivity index is 2.77. The Morgan fingerprint density at radius 1 is 1.10 bits per heavy atom. The number of alkyl halides is 6. The lowest BCUT2D eigenvalue weighted by molar-refractivity contribution is -0.138. The Labute approximate surface area is 119 Å². The van der Waals surface area contributed by atoms with Crippen molar-refractivity contribution in [2.75, 3.05) is 0 Å². The van der Waals surface area contributed by atoms with Crippen LogP contribution in [-0.2, 0) is 6.18 Å². The highest BCUT2D eigenvalue weighted by molar-refractivity contribution is 9.10. The molecule has 1 aromatic carbocycles. The van der Waals surface area contributed by atoms with Gasteiger partial charge in [-0.25, -0.2) is 0 Å². The zero-order valence-corrected chi connectivity index (χ0v) is 11.6. The lowest BCUT2D eigenvalue weighted by Crippen LogP contribution is -2.10. The van der Waals surface area contributed by atoms with Crippen LogP contribution in [0.25, 0.3) is 0 Å². The minimum Gasteiger partial charge on any atom is -0.388 e. The van der Waals surface area contributed by atoms with Crippen LogP contribution in [0.1, 0.15) is 36.5 Å². The zero-order chi connectivity index (χ0) is 15.6. The highest BCUT2D eigenvalue weighted by Gasteiger charge is 2.33. The predicted molar refractivity (Wildman–Crippen MR) is 64.0 cm³/mol. The van der Waals surface area contributed by atoms with Gasteiger partial charge >= 0.3 is 12.4 Å². The van der Waals surface area contributed by atoms with E-state index in [9.17, 15) is 31.4 Å². The largest absolute Gasteiger partial charge is 0.417 e. The van der Waals surface area contributed by atoms with Crippen LogP contribution in [0.4, 0.5) is 26.3 Å². The van der Waals surface area contributed by atoms with E-state index < -0.39 is 30.4 Å². The van der Waals surface area contributed by atoms with Gasteiger partial charge in [-0.3, -0.25) is 0 Å². The molecule has 0 heterocycles. The Morgan fingerprint density at radius 3 is 2.20 bits per heavy atom. The first-order valence-electron chi connectivity index (χ1n) is 5.62. The van der Waals surface area contributed by atoms with Crippen molar-refractivity contribution in [3.8, 4) is 0 Å². The van der Waals surface area contributed by atoms with E-state index in [4.69, 9.17) is 0 Å². The topological polar surface area (TPSA) is 20.2 Å². The first kappa shape index (κ1) is 17.3. The third-order valence-corrected chi connectivity index (χ3v) is 3.31. The Bertz CT molecular complexity index is 454. The fraction of sp³-hybridized carbons (Fsp3) is 0.500. The van der Waals surface area contributed by atoms with Crippen molar-refractivity contribution < 1.29 is 31.4 Å². The van der Waals surface area contributed by atoms with Gasteiger partial charge in [-0.05, 0) is 30.5 Å². The van der Waals surface area contributed by atoms with E-state index in [1.165, 1.54) is 6.07 Å². The maximum atomic E-state index is 12.6. The fourth-order valence-electron chi connectivity index (χ4n) is 1.63. The van der Waals surface area contributed by atoms with Crippen LogP contribution in [0.3, 0.4) is 0 Å². The Hall–Kier alpha value is -0.760. The van der Waals surface area contributed by atoms with Gasteiger partial charge in [0.2, 0.25) is 0 Å². The number of hydrogen-bond donors (Lipinski definition) is 1. The number of halogens is 7. The summed E-state index contributed by atoms with van der Waals surface area (Å²) in [6.45, 7) is 0. The van der Waals surface area contributed by atoms with E-state index in [1.807, 2.05) is 0 Å². The molecule has 0 aliphatic heterocycles. The molecular formula is C12H11BrF6O. The highest BCUT2D eigenvalue weighted by atomic mass is 79.9. The summed E-state index contributed by atoms with van der Waals surface area (Å²) in [6, 6.07) is 3.10. The summed E-state index contributed by atoms with van der Waals surface area (Å²) in [7, 11) is 0. The Morgan fingerprint density at radius 2 is 1.70 bits per heavy atom. The molecule has 0 aliphatic rings. The van der Waals surface area contributed by atoms with Gasteiger partial charge in [0.15, 0.2) is 0 Å². The van der Waals surface area contributed by atoms with Gasteiger partial charge in [0.25, 0.3) is 0 Å². The second-order valence-electron chi connectivity index (χ2n) is 4.26. The summed E-state index contributed by atoms with van der Waals surface area (Å²) in [5.74, 6) is 0. The molecule has 1 aromatic rings. The van der Waals surface area contributed by atoms with Crippen LogP contribution >= 0.6 is 15.9 Å². The first-order valence-corrected chi connectivity index (χ1v) is 6.41. The number of aliphatic hydroxyl groups excluding tert-OH is 1. The molecule has 114 valence electrons. The first-order chi connectivity index (χ1) is 9.00. The van der Waals surface area contributed by atoms with Crippen molar-refractivity contribution in [2.24, 2.45) is 0 Å². The van der Waals surface area contributed by atoms with Gasteiger partial charge < -0.3 is 5.11 Å². The molecule has 0 spiro atoms. The maximum Gasteiger partial charge on any atom is 0.417 e. The lowest BCUT2D eigenvalue weighted by Gasteiger charge is -2.15. The molecule has 0 radical (unpaired) electrons. The molecule has 8 heteroatoms. The van der Waals surface area contributed by atoms with Gasteiger partial charge in [0, 0.05) is 10.9 Å². The second-order valence-corrected chi connectivity index (χ2v) is 5.11.